The molecule has 1 nitrogen and oxygen atoms in total. The van der Waals surface area contributed by atoms with Gasteiger partial charge in [-0.15, -0.1) is 0 Å². The van der Waals surface area contributed by atoms with Crippen molar-refractivity contribution in [2.45, 2.75) is 38.1 Å². The standard InChI is InChI=1S/C13H19N/c1-2-13-10-12(8-9-14-13)11-6-4-3-5-7-11/h3-7,12-14H,2,8-10H2,1H3/t12-,13-/m0/s1. The van der Waals surface area contributed by atoms with Crippen LogP contribution in [0.3, 0.4) is 0 Å². The lowest BCUT2D eigenvalue weighted by Gasteiger charge is -2.30. The van der Waals surface area contributed by atoms with Gasteiger partial charge in [-0.2, -0.15) is 0 Å². The third kappa shape index (κ3) is 2.16. The SMILES string of the molecule is CC[C@H]1C[C@@H](c2ccccc2)CCN1. The highest BCUT2D eigenvalue weighted by Gasteiger charge is 2.20. The Hall–Kier alpha value is -0.820. The second-order valence-corrected chi connectivity index (χ2v) is 4.19. The van der Waals surface area contributed by atoms with Gasteiger partial charge < -0.3 is 5.32 Å². The lowest BCUT2D eigenvalue weighted by Crippen LogP contribution is -2.36. The van der Waals surface area contributed by atoms with Crippen LogP contribution < -0.4 is 5.32 Å². The van der Waals surface area contributed by atoms with E-state index in [1.54, 1.807) is 0 Å². The Morgan fingerprint density at radius 3 is 2.79 bits per heavy atom. The Balaban J connectivity index is 2.04. The molecule has 0 radical (unpaired) electrons. The molecule has 0 aromatic heterocycles. The van der Waals surface area contributed by atoms with Crippen molar-refractivity contribution >= 4 is 0 Å². The van der Waals surface area contributed by atoms with Crippen molar-refractivity contribution in [2.75, 3.05) is 6.54 Å². The number of hydrogen-bond acceptors (Lipinski definition) is 1. The van der Waals surface area contributed by atoms with Gasteiger partial charge in [-0.25, -0.2) is 0 Å². The summed E-state index contributed by atoms with van der Waals surface area (Å²) in [5, 5.41) is 3.57. The van der Waals surface area contributed by atoms with Crippen LogP contribution in [-0.2, 0) is 0 Å². The van der Waals surface area contributed by atoms with E-state index in [2.05, 4.69) is 42.6 Å². The summed E-state index contributed by atoms with van der Waals surface area (Å²) in [4.78, 5) is 0. The van der Waals surface area contributed by atoms with Gasteiger partial charge in [0.1, 0.15) is 0 Å². The summed E-state index contributed by atoms with van der Waals surface area (Å²) in [7, 11) is 0. The van der Waals surface area contributed by atoms with Gasteiger partial charge >= 0.3 is 0 Å². The molecule has 1 N–H and O–H groups in total. The Morgan fingerprint density at radius 1 is 1.29 bits per heavy atom. The van der Waals surface area contributed by atoms with Crippen LogP contribution in [0.25, 0.3) is 0 Å². The van der Waals surface area contributed by atoms with Crippen molar-refractivity contribution in [2.24, 2.45) is 0 Å². The van der Waals surface area contributed by atoms with E-state index < -0.39 is 0 Å². The Kier molecular flexibility index (Phi) is 3.20. The monoisotopic (exact) mass is 189 g/mol. The van der Waals surface area contributed by atoms with Gasteiger partial charge in [0.15, 0.2) is 0 Å². The van der Waals surface area contributed by atoms with Gasteiger partial charge in [0.05, 0.1) is 0 Å². The minimum atomic E-state index is 0.731. The summed E-state index contributed by atoms with van der Waals surface area (Å²) >= 11 is 0. The smallest absolute Gasteiger partial charge is 0.00702 e. The number of nitrogens with one attached hydrogen (secondary N) is 1. The Labute approximate surface area is 86.5 Å². The summed E-state index contributed by atoms with van der Waals surface area (Å²) in [6.07, 6.45) is 3.85. The van der Waals surface area contributed by atoms with Gasteiger partial charge in [-0.1, -0.05) is 37.3 Å². The van der Waals surface area contributed by atoms with Gasteiger partial charge in [-0.3, -0.25) is 0 Å². The molecule has 14 heavy (non-hydrogen) atoms. The first kappa shape index (κ1) is 9.72. The molecule has 2 rings (SSSR count). The van der Waals surface area contributed by atoms with E-state index in [0.29, 0.717) is 0 Å². The van der Waals surface area contributed by atoms with Crippen LogP contribution in [0.5, 0.6) is 0 Å². The van der Waals surface area contributed by atoms with Gasteiger partial charge in [0.2, 0.25) is 0 Å². The molecule has 0 spiro atoms. The second-order valence-electron chi connectivity index (χ2n) is 4.19. The molecule has 1 aliphatic heterocycles. The zero-order valence-electron chi connectivity index (χ0n) is 8.87. The van der Waals surface area contributed by atoms with E-state index in [0.717, 1.165) is 12.0 Å². The van der Waals surface area contributed by atoms with Crippen molar-refractivity contribution in [1.82, 2.24) is 5.32 Å². The highest BCUT2D eigenvalue weighted by Crippen LogP contribution is 2.28. The molecule has 1 heterocycles. The zero-order valence-corrected chi connectivity index (χ0v) is 8.87. The fourth-order valence-corrected chi connectivity index (χ4v) is 2.35. The topological polar surface area (TPSA) is 12.0 Å². The minimum absolute atomic E-state index is 0.731. The summed E-state index contributed by atoms with van der Waals surface area (Å²) in [5.41, 5.74) is 1.52. The molecular formula is C13H19N. The van der Waals surface area contributed by atoms with E-state index in [1.807, 2.05) is 0 Å². The maximum Gasteiger partial charge on any atom is 0.00702 e. The lowest BCUT2D eigenvalue weighted by atomic mass is 9.86. The Bertz CT molecular complexity index is 268. The maximum atomic E-state index is 3.57. The summed E-state index contributed by atoms with van der Waals surface area (Å²) in [6, 6.07) is 11.7. The molecule has 1 aliphatic rings. The van der Waals surface area contributed by atoms with Crippen LogP contribution in [0.2, 0.25) is 0 Å². The first-order valence-electron chi connectivity index (χ1n) is 5.68. The lowest BCUT2D eigenvalue weighted by molar-refractivity contribution is 0.355. The van der Waals surface area contributed by atoms with E-state index in [9.17, 15) is 0 Å². The average Bonchev–Trinajstić information content (AvgIpc) is 2.30. The van der Waals surface area contributed by atoms with E-state index in [4.69, 9.17) is 0 Å². The van der Waals surface area contributed by atoms with Crippen LogP contribution >= 0.6 is 0 Å². The van der Waals surface area contributed by atoms with Gasteiger partial charge in [-0.05, 0) is 37.3 Å². The third-order valence-electron chi connectivity index (χ3n) is 3.26. The summed E-state index contributed by atoms with van der Waals surface area (Å²) in [6.45, 7) is 3.45. The minimum Gasteiger partial charge on any atom is -0.314 e. The summed E-state index contributed by atoms with van der Waals surface area (Å²) in [5.74, 6) is 0.780. The van der Waals surface area contributed by atoms with Crippen LogP contribution in [0.1, 0.15) is 37.7 Å². The largest absolute Gasteiger partial charge is 0.314 e. The first-order chi connectivity index (χ1) is 6.90. The third-order valence-corrected chi connectivity index (χ3v) is 3.26. The fourth-order valence-electron chi connectivity index (χ4n) is 2.35. The molecule has 2 atom stereocenters. The molecule has 1 fully saturated rings. The predicted molar refractivity (Wildman–Crippen MR) is 60.5 cm³/mol. The average molecular weight is 189 g/mol. The van der Waals surface area contributed by atoms with Crippen molar-refractivity contribution in [3.8, 4) is 0 Å². The number of hydrogen-bond donors (Lipinski definition) is 1. The molecule has 0 saturated carbocycles. The van der Waals surface area contributed by atoms with Crippen LogP contribution in [-0.4, -0.2) is 12.6 Å². The van der Waals surface area contributed by atoms with Crippen molar-refractivity contribution in [3.05, 3.63) is 35.9 Å². The highest BCUT2D eigenvalue weighted by molar-refractivity contribution is 5.20. The van der Waals surface area contributed by atoms with Crippen LogP contribution in [0.4, 0.5) is 0 Å². The Morgan fingerprint density at radius 2 is 2.07 bits per heavy atom. The normalized spacial score (nSPS) is 27.5. The number of piperidine rings is 1. The van der Waals surface area contributed by atoms with Crippen molar-refractivity contribution < 1.29 is 0 Å². The predicted octanol–water partition coefficient (Wildman–Crippen LogP) is 2.93. The molecule has 0 bridgehead atoms. The highest BCUT2D eigenvalue weighted by atomic mass is 14.9. The molecule has 0 unspecified atom stereocenters. The molecule has 1 aromatic carbocycles. The fraction of sp³-hybridized carbons (Fsp3) is 0.538. The van der Waals surface area contributed by atoms with Crippen molar-refractivity contribution in [3.63, 3.8) is 0 Å². The molecule has 76 valence electrons. The maximum absolute atomic E-state index is 3.57. The number of rotatable bonds is 2. The van der Waals surface area contributed by atoms with E-state index in [-0.39, 0.29) is 0 Å². The molecule has 0 amide bonds. The molecule has 1 heteroatoms. The molecule has 1 saturated heterocycles. The van der Waals surface area contributed by atoms with Crippen LogP contribution in [0.15, 0.2) is 30.3 Å². The van der Waals surface area contributed by atoms with Crippen LogP contribution in [0, 0.1) is 0 Å². The van der Waals surface area contributed by atoms with Gasteiger partial charge in [0.25, 0.3) is 0 Å². The van der Waals surface area contributed by atoms with Crippen molar-refractivity contribution in [1.29, 1.82) is 0 Å². The second kappa shape index (κ2) is 4.61. The zero-order chi connectivity index (χ0) is 9.80. The van der Waals surface area contributed by atoms with E-state index >= 15 is 0 Å². The molecule has 1 aromatic rings. The van der Waals surface area contributed by atoms with Gasteiger partial charge in [0, 0.05) is 6.04 Å². The quantitative estimate of drug-likeness (QED) is 0.754. The first-order valence-corrected chi connectivity index (χ1v) is 5.68. The summed E-state index contributed by atoms with van der Waals surface area (Å²) < 4.78 is 0. The molecule has 0 aliphatic carbocycles. The van der Waals surface area contributed by atoms with E-state index in [1.165, 1.54) is 31.4 Å². The molecular weight excluding hydrogens is 170 g/mol. The number of benzene rings is 1.